The van der Waals surface area contributed by atoms with Crippen LogP contribution in [0.3, 0.4) is 0 Å². The summed E-state index contributed by atoms with van der Waals surface area (Å²) in [6.45, 7) is 26.1. The second-order valence-corrected chi connectivity index (χ2v) is 37.1. The fourth-order valence-corrected chi connectivity index (χ4v) is 32.7. The van der Waals surface area contributed by atoms with Crippen LogP contribution in [0.2, 0.25) is 0 Å². The van der Waals surface area contributed by atoms with E-state index in [1.54, 1.807) is 18.7 Å². The van der Waals surface area contributed by atoms with Crippen LogP contribution in [0.5, 0.6) is 0 Å². The van der Waals surface area contributed by atoms with Crippen molar-refractivity contribution in [2.75, 3.05) is 0 Å². The van der Waals surface area contributed by atoms with Crippen LogP contribution in [0.15, 0.2) is 88.2 Å². The van der Waals surface area contributed by atoms with Gasteiger partial charge in [0.25, 0.3) is 0 Å². The van der Waals surface area contributed by atoms with Gasteiger partial charge < -0.3 is 0 Å². The van der Waals surface area contributed by atoms with E-state index >= 15 is 0 Å². The maximum atomic E-state index is 2.60. The van der Waals surface area contributed by atoms with Gasteiger partial charge in [-0.15, -0.1) is 24.8 Å². The third-order valence-electron chi connectivity index (χ3n) is 10.8. The van der Waals surface area contributed by atoms with Crippen molar-refractivity contribution in [2.45, 2.75) is 92.9 Å². The Balaban J connectivity index is 0.00000240. The summed E-state index contributed by atoms with van der Waals surface area (Å²) in [5.74, 6) is 0. The first-order valence-electron chi connectivity index (χ1n) is 16.4. The van der Waals surface area contributed by atoms with E-state index in [9.17, 15) is 0 Å². The van der Waals surface area contributed by atoms with Crippen molar-refractivity contribution in [2.24, 2.45) is 0 Å². The maximum Gasteiger partial charge on any atom is -0.147 e. The summed E-state index contributed by atoms with van der Waals surface area (Å²) in [4.78, 5) is 0. The van der Waals surface area contributed by atoms with E-state index in [1.807, 2.05) is 0 Å². The molecule has 2 aliphatic rings. The molecule has 0 nitrogen and oxygen atoms in total. The van der Waals surface area contributed by atoms with E-state index < -0.39 is 17.4 Å². The Kier molecular flexibility index (Phi) is 10.0. The molecule has 0 heterocycles. The number of allylic oxidation sites excluding steroid dienone is 4. The van der Waals surface area contributed by atoms with Gasteiger partial charge in [0.2, 0.25) is 0 Å². The molecule has 4 aromatic rings. The molecule has 0 saturated carbocycles. The van der Waals surface area contributed by atoms with Crippen molar-refractivity contribution in [1.82, 2.24) is 0 Å². The minimum atomic E-state index is -4.56. The number of hydrogen-bond donors (Lipinski definition) is 0. The zero-order valence-corrected chi connectivity index (χ0v) is 35.0. The van der Waals surface area contributed by atoms with E-state index in [4.69, 9.17) is 0 Å². The quantitative estimate of drug-likeness (QED) is 0.161. The van der Waals surface area contributed by atoms with Crippen LogP contribution in [0, 0.1) is 27.7 Å². The van der Waals surface area contributed by atoms with Crippen LogP contribution in [-0.4, -0.2) is 6.88 Å². The van der Waals surface area contributed by atoms with Crippen molar-refractivity contribution >= 4 is 41.5 Å². The Labute approximate surface area is 293 Å². The van der Waals surface area contributed by atoms with E-state index in [2.05, 4.69) is 161 Å². The van der Waals surface area contributed by atoms with Gasteiger partial charge in [-0.1, -0.05) is 0 Å². The van der Waals surface area contributed by atoms with Crippen LogP contribution >= 0.6 is 24.8 Å². The van der Waals surface area contributed by atoms with E-state index in [1.165, 1.54) is 50.1 Å². The first-order chi connectivity index (χ1) is 20.5. The molecule has 0 aliphatic heterocycles. The first-order valence-corrected chi connectivity index (χ1v) is 27.2. The van der Waals surface area contributed by atoms with Crippen LogP contribution in [0.1, 0.15) is 92.5 Å². The summed E-state index contributed by atoms with van der Waals surface area (Å²) in [6, 6.07) is 27.0. The number of benzene rings is 4. The van der Waals surface area contributed by atoms with Crippen molar-refractivity contribution < 1.29 is 17.4 Å². The summed E-state index contributed by atoms with van der Waals surface area (Å²) in [7, 11) is 0. The third-order valence-corrected chi connectivity index (χ3v) is 36.9. The van der Waals surface area contributed by atoms with Gasteiger partial charge >= 0.3 is 271 Å². The maximum absolute atomic E-state index is 4.56. The normalized spacial score (nSPS) is 14.3. The molecule has 0 amide bonds. The number of hydrogen-bond acceptors (Lipinski definition) is 0. The van der Waals surface area contributed by atoms with Gasteiger partial charge in [0.1, 0.15) is 0 Å². The number of fused-ring (bicyclic) bond motifs is 3. The van der Waals surface area contributed by atoms with Crippen molar-refractivity contribution in [3.05, 3.63) is 133 Å². The minimum absolute atomic E-state index is 0. The molecule has 242 valence electrons. The number of aryl methyl sites for hydroxylation is 3. The fourth-order valence-electron chi connectivity index (χ4n) is 8.77. The molecular weight excluding hydrogens is 695 g/mol. The molecule has 0 saturated heterocycles. The SMILES string of the molecule is Cc1ccc[c]([Zr](=[SiH2])([C]2=CC=CC2)([c]2cccc(C)c2)[c]2c(C)c(C(C)(C)C)cc3c2Cc2cc(C)c(C(C)(C)C)cc2-3)c1.Cl.Cl. The second kappa shape index (κ2) is 12.5. The van der Waals surface area contributed by atoms with Gasteiger partial charge in [-0.25, -0.2) is 0 Å². The Morgan fingerprint density at radius 2 is 1.22 bits per heavy atom. The Morgan fingerprint density at radius 1 is 0.674 bits per heavy atom. The minimum Gasteiger partial charge on any atom is -0.147 e. The monoisotopic (exact) mass is 744 g/mol. The number of halogens is 2. The average Bonchev–Trinajstić information content (AvgIpc) is 3.59. The van der Waals surface area contributed by atoms with E-state index in [0.717, 1.165) is 12.8 Å². The van der Waals surface area contributed by atoms with Crippen LogP contribution in [0.4, 0.5) is 0 Å². The van der Waals surface area contributed by atoms with Crippen LogP contribution in [-0.2, 0) is 34.6 Å². The topological polar surface area (TPSA) is 0 Å². The molecule has 2 aliphatic carbocycles. The predicted molar refractivity (Wildman–Crippen MR) is 208 cm³/mol. The molecule has 0 atom stereocenters. The summed E-state index contributed by atoms with van der Waals surface area (Å²) in [6.07, 6.45) is 9.29. The van der Waals surface area contributed by atoms with Crippen LogP contribution < -0.4 is 9.81 Å². The fraction of sp³-hybridized carbons (Fsp3) is 0.333. The Morgan fingerprint density at radius 3 is 1.70 bits per heavy atom. The molecule has 4 heteroatoms. The molecule has 6 rings (SSSR count). The van der Waals surface area contributed by atoms with Gasteiger partial charge in [0, 0.05) is 0 Å². The van der Waals surface area contributed by atoms with Crippen molar-refractivity contribution in [3.63, 3.8) is 0 Å². The summed E-state index contributed by atoms with van der Waals surface area (Å²) >= 11 is -4.56. The average molecular weight is 747 g/mol. The molecular formula is C42H52Cl2SiZr. The Hall–Kier alpha value is -1.96. The molecule has 0 spiro atoms. The zero-order valence-electron chi connectivity index (χ0n) is 29.5. The predicted octanol–water partition coefficient (Wildman–Crippen LogP) is 9.29. The molecule has 0 bridgehead atoms. The second-order valence-electron chi connectivity index (χ2n) is 16.0. The summed E-state index contributed by atoms with van der Waals surface area (Å²) < 4.78 is 6.51. The van der Waals surface area contributed by atoms with E-state index in [0.29, 0.717) is 0 Å². The standard InChI is InChI=1S/C23H29.2C7H7.C5H5.2ClH.H2Si.Zr/c1-14-9-16-11-17-10-15(2)21(23(6,7)8)13-19(17)18(16)12-20(14)22(3,4)5;2*1-7-5-3-2-4-6-7;1-2-4-5-3-1;;;;/h9,12-13H,11H2,1-8H3;2*2-3,5-6H,1H3;1-3H,4H2;2*1H;1H2;. The molecule has 0 unspecified atom stereocenters. The molecule has 0 radical (unpaired) electrons. The van der Waals surface area contributed by atoms with Gasteiger partial charge in [-0.2, -0.15) is 0 Å². The largest absolute Gasteiger partial charge is 0.147 e. The summed E-state index contributed by atoms with van der Waals surface area (Å²) in [5, 5.41) is 0. The third kappa shape index (κ3) is 5.54. The van der Waals surface area contributed by atoms with Gasteiger partial charge in [-0.05, 0) is 0 Å². The zero-order chi connectivity index (χ0) is 31.8. The van der Waals surface area contributed by atoms with Crippen LogP contribution in [0.25, 0.3) is 11.1 Å². The van der Waals surface area contributed by atoms with Crippen molar-refractivity contribution in [3.8, 4) is 11.1 Å². The molecule has 0 aromatic heterocycles. The summed E-state index contributed by atoms with van der Waals surface area (Å²) in [5.41, 5.74) is 14.7. The molecule has 0 N–H and O–H groups in total. The Bertz CT molecular complexity index is 1930. The van der Waals surface area contributed by atoms with Crippen molar-refractivity contribution in [1.29, 1.82) is 0 Å². The molecule has 4 aromatic carbocycles. The smallest absolute Gasteiger partial charge is 0.147 e. The van der Waals surface area contributed by atoms with E-state index in [-0.39, 0.29) is 35.6 Å². The first kappa shape index (κ1) is 36.9. The number of rotatable bonds is 4. The van der Waals surface area contributed by atoms with Gasteiger partial charge in [-0.3, -0.25) is 0 Å². The molecule has 0 fully saturated rings. The van der Waals surface area contributed by atoms with Gasteiger partial charge in [0.05, 0.1) is 0 Å². The molecule has 46 heavy (non-hydrogen) atoms. The van der Waals surface area contributed by atoms with Gasteiger partial charge in [0.15, 0.2) is 0 Å².